The van der Waals surface area contributed by atoms with Crippen LogP contribution in [-0.2, 0) is 4.79 Å². The lowest BCUT2D eigenvalue weighted by Crippen LogP contribution is -2.42. The maximum atomic E-state index is 12.3. The summed E-state index contributed by atoms with van der Waals surface area (Å²) in [6.45, 7) is 6.36. The van der Waals surface area contributed by atoms with Gasteiger partial charge in [0.1, 0.15) is 5.69 Å². The molecule has 1 aromatic rings. The summed E-state index contributed by atoms with van der Waals surface area (Å²) in [5, 5.41) is 0. The van der Waals surface area contributed by atoms with Gasteiger partial charge in [0.2, 0.25) is 5.91 Å². The standard InChI is InChI=1S/C20H25N3O/c1-17-6-4-8-19(21-17)9-5-7-18-10-14-23(15-11-18)20(24)16-22-12-2-3-13-22/h4,6-8H,2-3,10-16H2,1H3. The molecule has 1 amide bonds. The Kier molecular flexibility index (Phi) is 5.66. The lowest BCUT2D eigenvalue weighted by atomic mass is 10.0. The maximum absolute atomic E-state index is 12.3. The second kappa shape index (κ2) is 8.12. The number of carbonyl (C=O) groups excluding carboxylic acids is 1. The molecule has 2 aliphatic rings. The van der Waals surface area contributed by atoms with E-state index in [1.807, 2.05) is 36.1 Å². The number of hydrogen-bond acceptors (Lipinski definition) is 3. The van der Waals surface area contributed by atoms with Gasteiger partial charge in [0.15, 0.2) is 0 Å². The fourth-order valence-corrected chi connectivity index (χ4v) is 3.24. The first-order valence-electron chi connectivity index (χ1n) is 8.84. The topological polar surface area (TPSA) is 36.4 Å². The van der Waals surface area contributed by atoms with E-state index in [9.17, 15) is 4.79 Å². The number of amides is 1. The number of rotatable bonds is 2. The summed E-state index contributed by atoms with van der Waals surface area (Å²) in [6.07, 6.45) is 6.33. The number of carbonyl (C=O) groups is 1. The lowest BCUT2D eigenvalue weighted by molar-refractivity contribution is -0.132. The molecular formula is C20H25N3O. The summed E-state index contributed by atoms with van der Waals surface area (Å²) in [7, 11) is 0. The Morgan fingerprint density at radius 1 is 1.21 bits per heavy atom. The van der Waals surface area contributed by atoms with Crippen molar-refractivity contribution in [3.8, 4) is 11.8 Å². The zero-order valence-electron chi connectivity index (χ0n) is 14.4. The summed E-state index contributed by atoms with van der Waals surface area (Å²) in [4.78, 5) is 21.0. The van der Waals surface area contributed by atoms with E-state index in [1.165, 1.54) is 18.4 Å². The summed E-state index contributed by atoms with van der Waals surface area (Å²) in [5.74, 6) is 6.49. The summed E-state index contributed by atoms with van der Waals surface area (Å²) < 4.78 is 0. The lowest BCUT2D eigenvalue weighted by Gasteiger charge is -2.29. The molecule has 4 heteroatoms. The van der Waals surface area contributed by atoms with Crippen LogP contribution in [0.15, 0.2) is 29.8 Å². The fraction of sp³-hybridized carbons (Fsp3) is 0.500. The van der Waals surface area contributed by atoms with Crippen molar-refractivity contribution in [2.24, 2.45) is 0 Å². The molecule has 0 unspecified atom stereocenters. The molecule has 2 fully saturated rings. The van der Waals surface area contributed by atoms with Crippen LogP contribution in [0.1, 0.15) is 37.1 Å². The van der Waals surface area contributed by atoms with Gasteiger partial charge in [-0.1, -0.05) is 17.6 Å². The van der Waals surface area contributed by atoms with Gasteiger partial charge in [0.25, 0.3) is 0 Å². The van der Waals surface area contributed by atoms with Gasteiger partial charge in [-0.3, -0.25) is 9.69 Å². The number of nitrogens with zero attached hydrogens (tertiary/aromatic N) is 3. The van der Waals surface area contributed by atoms with Crippen molar-refractivity contribution in [2.45, 2.75) is 32.6 Å². The van der Waals surface area contributed by atoms with Gasteiger partial charge in [-0.25, -0.2) is 4.98 Å². The third-order valence-corrected chi connectivity index (χ3v) is 4.68. The van der Waals surface area contributed by atoms with Crippen molar-refractivity contribution >= 4 is 5.91 Å². The van der Waals surface area contributed by atoms with E-state index in [4.69, 9.17) is 0 Å². The molecule has 3 rings (SSSR count). The van der Waals surface area contributed by atoms with Crippen LogP contribution in [0.25, 0.3) is 0 Å². The number of pyridine rings is 1. The van der Waals surface area contributed by atoms with Crippen molar-refractivity contribution in [2.75, 3.05) is 32.7 Å². The third kappa shape index (κ3) is 4.69. The average Bonchev–Trinajstić information content (AvgIpc) is 3.08. The molecule has 2 saturated heterocycles. The zero-order chi connectivity index (χ0) is 16.8. The normalized spacial score (nSPS) is 18.2. The van der Waals surface area contributed by atoms with Gasteiger partial charge >= 0.3 is 0 Å². The predicted octanol–water partition coefficient (Wildman–Crippen LogP) is 2.39. The van der Waals surface area contributed by atoms with E-state index >= 15 is 0 Å². The van der Waals surface area contributed by atoms with Crippen molar-refractivity contribution in [3.05, 3.63) is 41.2 Å². The highest BCUT2D eigenvalue weighted by atomic mass is 16.2. The molecule has 0 radical (unpaired) electrons. The largest absolute Gasteiger partial charge is 0.341 e. The minimum atomic E-state index is 0.283. The Morgan fingerprint density at radius 3 is 2.67 bits per heavy atom. The van der Waals surface area contributed by atoms with Crippen LogP contribution in [0.5, 0.6) is 0 Å². The second-order valence-corrected chi connectivity index (χ2v) is 6.60. The van der Waals surface area contributed by atoms with Crippen LogP contribution < -0.4 is 0 Å². The average molecular weight is 323 g/mol. The van der Waals surface area contributed by atoms with E-state index < -0.39 is 0 Å². The van der Waals surface area contributed by atoms with Crippen LogP contribution in [0, 0.1) is 18.8 Å². The Hall–Kier alpha value is -2.12. The van der Waals surface area contributed by atoms with Crippen LogP contribution in [0.4, 0.5) is 0 Å². The number of aromatic nitrogens is 1. The summed E-state index contributed by atoms with van der Waals surface area (Å²) in [5.41, 5.74) is 3.13. The van der Waals surface area contributed by atoms with Crippen molar-refractivity contribution in [1.29, 1.82) is 0 Å². The van der Waals surface area contributed by atoms with E-state index in [-0.39, 0.29) is 5.91 Å². The van der Waals surface area contributed by atoms with E-state index in [0.717, 1.165) is 50.4 Å². The molecule has 0 spiro atoms. The number of piperidine rings is 1. The van der Waals surface area contributed by atoms with Gasteiger partial charge in [0, 0.05) is 18.8 Å². The molecule has 126 valence electrons. The molecule has 1 aromatic heterocycles. The minimum absolute atomic E-state index is 0.283. The molecule has 0 N–H and O–H groups in total. The number of aryl methyl sites for hydroxylation is 1. The van der Waals surface area contributed by atoms with Gasteiger partial charge in [-0.15, -0.1) is 0 Å². The molecular weight excluding hydrogens is 298 g/mol. The minimum Gasteiger partial charge on any atom is -0.341 e. The van der Waals surface area contributed by atoms with E-state index in [2.05, 4.69) is 21.7 Å². The first-order valence-corrected chi connectivity index (χ1v) is 8.84. The Bertz CT molecular complexity index is 668. The van der Waals surface area contributed by atoms with Crippen LogP contribution >= 0.6 is 0 Å². The first-order chi connectivity index (χ1) is 11.7. The first kappa shape index (κ1) is 16.7. The highest BCUT2D eigenvalue weighted by molar-refractivity contribution is 5.78. The molecule has 4 nitrogen and oxygen atoms in total. The highest BCUT2D eigenvalue weighted by Gasteiger charge is 2.22. The molecule has 0 atom stereocenters. The number of hydrogen-bond donors (Lipinski definition) is 0. The van der Waals surface area contributed by atoms with Gasteiger partial charge in [-0.05, 0) is 69.8 Å². The van der Waals surface area contributed by atoms with Crippen molar-refractivity contribution in [1.82, 2.24) is 14.8 Å². The molecule has 0 aliphatic carbocycles. The van der Waals surface area contributed by atoms with E-state index in [1.54, 1.807) is 0 Å². The second-order valence-electron chi connectivity index (χ2n) is 6.60. The summed E-state index contributed by atoms with van der Waals surface area (Å²) in [6, 6.07) is 5.88. The quantitative estimate of drug-likeness (QED) is 0.784. The Labute approximate surface area is 144 Å². The van der Waals surface area contributed by atoms with Gasteiger partial charge in [-0.2, -0.15) is 0 Å². The third-order valence-electron chi connectivity index (χ3n) is 4.68. The smallest absolute Gasteiger partial charge is 0.236 e. The van der Waals surface area contributed by atoms with E-state index in [0.29, 0.717) is 6.54 Å². The number of likely N-dealkylation sites (tertiary alicyclic amines) is 2. The maximum Gasteiger partial charge on any atom is 0.236 e. The van der Waals surface area contributed by atoms with Crippen LogP contribution in [0.2, 0.25) is 0 Å². The van der Waals surface area contributed by atoms with Crippen molar-refractivity contribution in [3.63, 3.8) is 0 Å². The SMILES string of the molecule is Cc1cccc(C#CC=C2CCN(C(=O)CN3CCCC3)CC2)n1. The zero-order valence-corrected chi connectivity index (χ0v) is 14.4. The monoisotopic (exact) mass is 323 g/mol. The summed E-state index contributed by atoms with van der Waals surface area (Å²) >= 11 is 0. The highest BCUT2D eigenvalue weighted by Crippen LogP contribution is 2.16. The molecule has 0 saturated carbocycles. The van der Waals surface area contributed by atoms with Crippen LogP contribution in [-0.4, -0.2) is 53.4 Å². The van der Waals surface area contributed by atoms with Crippen molar-refractivity contribution < 1.29 is 4.79 Å². The van der Waals surface area contributed by atoms with Gasteiger partial charge in [0.05, 0.1) is 6.54 Å². The Balaban J connectivity index is 1.48. The molecule has 24 heavy (non-hydrogen) atoms. The Morgan fingerprint density at radius 2 is 1.96 bits per heavy atom. The number of allylic oxidation sites excluding steroid dienone is 1. The van der Waals surface area contributed by atoms with Crippen LogP contribution in [0.3, 0.4) is 0 Å². The molecule has 2 aliphatic heterocycles. The predicted molar refractivity (Wildman–Crippen MR) is 95.4 cm³/mol. The molecule has 3 heterocycles. The van der Waals surface area contributed by atoms with Gasteiger partial charge < -0.3 is 4.90 Å². The fourth-order valence-electron chi connectivity index (χ4n) is 3.24. The molecule has 0 bridgehead atoms. The molecule has 0 aromatic carbocycles.